The average Bonchev–Trinajstić information content (AvgIpc) is 2.51. The van der Waals surface area contributed by atoms with E-state index in [0.717, 1.165) is 23.4 Å². The van der Waals surface area contributed by atoms with E-state index in [4.69, 9.17) is 5.84 Å². The fourth-order valence-corrected chi connectivity index (χ4v) is 2.89. The van der Waals surface area contributed by atoms with Crippen molar-refractivity contribution in [1.29, 1.82) is 0 Å². The fraction of sp³-hybridized carbons (Fsp3) is 0.667. The molecular weight excluding hydrogens is 294 g/mol. The third-order valence-electron chi connectivity index (χ3n) is 3.55. The van der Waals surface area contributed by atoms with Crippen LogP contribution >= 0.6 is 15.9 Å². The van der Waals surface area contributed by atoms with Crippen LogP contribution < -0.4 is 16.2 Å². The van der Waals surface area contributed by atoms with Crippen molar-refractivity contribution in [3.63, 3.8) is 0 Å². The molecule has 100 valence electrons. The summed E-state index contributed by atoms with van der Waals surface area (Å²) in [5.41, 5.74) is 3.00. The lowest BCUT2D eigenvalue weighted by molar-refractivity contribution is 0.325. The Morgan fingerprint density at radius 2 is 2.11 bits per heavy atom. The summed E-state index contributed by atoms with van der Waals surface area (Å²) < 4.78 is 0.840. The Kier molecular flexibility index (Phi) is 4.07. The summed E-state index contributed by atoms with van der Waals surface area (Å²) in [4.78, 5) is 10.8. The van der Waals surface area contributed by atoms with E-state index >= 15 is 0 Å². The quantitative estimate of drug-likeness (QED) is 0.649. The second-order valence-corrected chi connectivity index (χ2v) is 6.30. The van der Waals surface area contributed by atoms with Crippen LogP contribution in [0.4, 0.5) is 11.6 Å². The zero-order valence-corrected chi connectivity index (χ0v) is 12.5. The van der Waals surface area contributed by atoms with Crippen LogP contribution in [-0.2, 0) is 0 Å². The number of rotatable bonds is 2. The predicted molar refractivity (Wildman–Crippen MR) is 77.4 cm³/mol. The standard InChI is InChI=1S/C12H20BrN5/c1-12(2)4-3-6-18(7-5-12)11-9(13)10(17-14)15-8-16-11/h8H,3-7,14H2,1-2H3,(H,15,16,17). The second kappa shape index (κ2) is 5.40. The minimum Gasteiger partial charge on any atom is -0.355 e. The third kappa shape index (κ3) is 2.92. The van der Waals surface area contributed by atoms with E-state index in [1.807, 2.05) is 0 Å². The first kappa shape index (κ1) is 13.5. The van der Waals surface area contributed by atoms with Gasteiger partial charge in [-0.1, -0.05) is 13.8 Å². The average molecular weight is 314 g/mol. The van der Waals surface area contributed by atoms with Crippen molar-refractivity contribution in [1.82, 2.24) is 9.97 Å². The number of nitrogens with zero attached hydrogens (tertiary/aromatic N) is 3. The van der Waals surface area contributed by atoms with E-state index in [0.29, 0.717) is 11.2 Å². The third-order valence-corrected chi connectivity index (χ3v) is 4.28. The predicted octanol–water partition coefficient (Wildman–Crippen LogP) is 2.54. The summed E-state index contributed by atoms with van der Waals surface area (Å²) in [5, 5.41) is 0. The molecule has 0 aromatic carbocycles. The molecule has 2 heterocycles. The van der Waals surface area contributed by atoms with Crippen LogP contribution in [-0.4, -0.2) is 23.1 Å². The number of hydrogen-bond acceptors (Lipinski definition) is 5. The lowest BCUT2D eigenvalue weighted by atomic mass is 9.85. The molecule has 0 atom stereocenters. The molecule has 1 fully saturated rings. The zero-order valence-electron chi connectivity index (χ0n) is 10.9. The van der Waals surface area contributed by atoms with Gasteiger partial charge in [-0.05, 0) is 40.6 Å². The summed E-state index contributed by atoms with van der Waals surface area (Å²) in [6.45, 7) is 6.71. The molecular formula is C12H20BrN5. The van der Waals surface area contributed by atoms with Crippen LogP contribution in [0.5, 0.6) is 0 Å². The Labute approximate surface area is 116 Å². The van der Waals surface area contributed by atoms with Crippen molar-refractivity contribution < 1.29 is 0 Å². The maximum atomic E-state index is 5.43. The Bertz CT molecular complexity index is 421. The molecule has 18 heavy (non-hydrogen) atoms. The lowest BCUT2D eigenvalue weighted by Gasteiger charge is -2.25. The van der Waals surface area contributed by atoms with Crippen LogP contribution in [0.15, 0.2) is 10.8 Å². The van der Waals surface area contributed by atoms with Crippen molar-refractivity contribution in [3.8, 4) is 0 Å². The van der Waals surface area contributed by atoms with Gasteiger partial charge < -0.3 is 10.3 Å². The molecule has 5 nitrogen and oxygen atoms in total. The first-order chi connectivity index (χ1) is 8.53. The summed E-state index contributed by atoms with van der Waals surface area (Å²) in [6.07, 6.45) is 5.17. The molecule has 0 unspecified atom stereocenters. The number of nitrogens with two attached hydrogens (primary N) is 1. The molecule has 1 saturated heterocycles. The number of aromatic nitrogens is 2. The van der Waals surface area contributed by atoms with Crippen LogP contribution in [0, 0.1) is 5.41 Å². The van der Waals surface area contributed by atoms with Crippen molar-refractivity contribution >= 4 is 27.6 Å². The maximum absolute atomic E-state index is 5.43. The van der Waals surface area contributed by atoms with Crippen molar-refractivity contribution in [2.45, 2.75) is 33.1 Å². The highest BCUT2D eigenvalue weighted by molar-refractivity contribution is 9.10. The van der Waals surface area contributed by atoms with E-state index in [1.54, 1.807) is 6.33 Å². The van der Waals surface area contributed by atoms with Gasteiger partial charge in [0.1, 0.15) is 16.6 Å². The molecule has 0 radical (unpaired) electrons. The van der Waals surface area contributed by atoms with Gasteiger partial charge in [0.2, 0.25) is 0 Å². The molecule has 0 amide bonds. The first-order valence-electron chi connectivity index (χ1n) is 6.25. The minimum atomic E-state index is 0.420. The fourth-order valence-electron chi connectivity index (χ4n) is 2.32. The number of hydrogen-bond donors (Lipinski definition) is 2. The van der Waals surface area contributed by atoms with Crippen LogP contribution in [0.2, 0.25) is 0 Å². The maximum Gasteiger partial charge on any atom is 0.159 e. The van der Waals surface area contributed by atoms with Gasteiger partial charge in [0.25, 0.3) is 0 Å². The monoisotopic (exact) mass is 313 g/mol. The molecule has 6 heteroatoms. The normalized spacial score (nSPS) is 19.4. The molecule has 0 spiro atoms. The highest BCUT2D eigenvalue weighted by Crippen LogP contribution is 2.34. The number of nitrogen functional groups attached to an aromatic ring is 1. The highest BCUT2D eigenvalue weighted by atomic mass is 79.9. The molecule has 1 aromatic rings. The zero-order chi connectivity index (χ0) is 13.2. The van der Waals surface area contributed by atoms with E-state index in [9.17, 15) is 0 Å². The molecule has 0 bridgehead atoms. The second-order valence-electron chi connectivity index (χ2n) is 5.51. The highest BCUT2D eigenvalue weighted by Gasteiger charge is 2.25. The smallest absolute Gasteiger partial charge is 0.159 e. The Hall–Kier alpha value is -0.880. The number of anilines is 2. The lowest BCUT2D eigenvalue weighted by Crippen LogP contribution is -2.27. The Morgan fingerprint density at radius 1 is 1.33 bits per heavy atom. The molecule has 0 aliphatic carbocycles. The van der Waals surface area contributed by atoms with Gasteiger partial charge in [-0.3, -0.25) is 0 Å². The van der Waals surface area contributed by atoms with Crippen molar-refractivity contribution in [3.05, 3.63) is 10.8 Å². The minimum absolute atomic E-state index is 0.420. The molecule has 0 saturated carbocycles. The van der Waals surface area contributed by atoms with E-state index in [2.05, 4.69) is 50.1 Å². The Morgan fingerprint density at radius 3 is 2.83 bits per heavy atom. The topological polar surface area (TPSA) is 67.1 Å². The first-order valence-corrected chi connectivity index (χ1v) is 7.05. The Balaban J connectivity index is 2.21. The molecule has 1 aliphatic rings. The van der Waals surface area contributed by atoms with Crippen LogP contribution in [0.1, 0.15) is 33.1 Å². The van der Waals surface area contributed by atoms with Gasteiger partial charge >= 0.3 is 0 Å². The van der Waals surface area contributed by atoms with Gasteiger partial charge in [-0.15, -0.1) is 0 Å². The number of halogens is 1. The van der Waals surface area contributed by atoms with E-state index < -0.39 is 0 Å². The SMILES string of the molecule is CC1(C)CCCN(c2ncnc(NN)c2Br)CC1. The van der Waals surface area contributed by atoms with Gasteiger partial charge in [0.15, 0.2) is 5.82 Å². The van der Waals surface area contributed by atoms with Gasteiger partial charge in [0, 0.05) is 13.1 Å². The van der Waals surface area contributed by atoms with Gasteiger partial charge in [-0.25, -0.2) is 15.8 Å². The van der Waals surface area contributed by atoms with Crippen LogP contribution in [0.25, 0.3) is 0 Å². The summed E-state index contributed by atoms with van der Waals surface area (Å²) >= 11 is 3.52. The van der Waals surface area contributed by atoms with Gasteiger partial charge in [-0.2, -0.15) is 0 Å². The molecule has 1 aromatic heterocycles. The van der Waals surface area contributed by atoms with Crippen LogP contribution in [0.3, 0.4) is 0 Å². The number of nitrogens with one attached hydrogen (secondary N) is 1. The van der Waals surface area contributed by atoms with Crippen molar-refractivity contribution in [2.75, 3.05) is 23.4 Å². The van der Waals surface area contributed by atoms with Crippen molar-refractivity contribution in [2.24, 2.45) is 11.3 Å². The molecule has 2 rings (SSSR count). The summed E-state index contributed by atoms with van der Waals surface area (Å²) in [7, 11) is 0. The largest absolute Gasteiger partial charge is 0.355 e. The van der Waals surface area contributed by atoms with E-state index in [1.165, 1.54) is 19.3 Å². The molecule has 1 aliphatic heterocycles. The summed E-state index contributed by atoms with van der Waals surface area (Å²) in [5.74, 6) is 6.99. The summed E-state index contributed by atoms with van der Waals surface area (Å²) in [6, 6.07) is 0. The number of hydrazine groups is 1. The van der Waals surface area contributed by atoms with Gasteiger partial charge in [0.05, 0.1) is 0 Å². The van der Waals surface area contributed by atoms with E-state index in [-0.39, 0.29) is 0 Å². The molecule has 3 N–H and O–H groups in total.